The number of hydrogen-bond donors (Lipinski definition) is 0. The van der Waals surface area contributed by atoms with Crippen LogP contribution < -0.4 is 0 Å². The summed E-state index contributed by atoms with van der Waals surface area (Å²) < 4.78 is 8.02. The molecule has 1 aliphatic heterocycles. The summed E-state index contributed by atoms with van der Waals surface area (Å²) in [7, 11) is 0. The first-order chi connectivity index (χ1) is 11.7. The Bertz CT molecular complexity index is 823. The van der Waals surface area contributed by atoms with Gasteiger partial charge in [0.2, 0.25) is 11.8 Å². The van der Waals surface area contributed by atoms with Gasteiger partial charge < -0.3 is 8.98 Å². The van der Waals surface area contributed by atoms with Crippen molar-refractivity contribution in [2.75, 3.05) is 6.54 Å². The minimum Gasteiger partial charge on any atom is -0.419 e. The Morgan fingerprint density at radius 3 is 2.67 bits per heavy atom. The number of aromatic nitrogens is 5. The van der Waals surface area contributed by atoms with Gasteiger partial charge in [0.25, 0.3) is 0 Å². The Kier molecular flexibility index (Phi) is 3.86. The van der Waals surface area contributed by atoms with Crippen LogP contribution in [-0.2, 0) is 19.6 Å². The Hall–Kier alpha value is -2.54. The zero-order valence-electron chi connectivity index (χ0n) is 13.9. The summed E-state index contributed by atoms with van der Waals surface area (Å²) in [5.74, 6) is 3.66. The van der Waals surface area contributed by atoms with Crippen molar-refractivity contribution in [2.45, 2.75) is 39.4 Å². The molecule has 0 radical (unpaired) electrons. The highest BCUT2D eigenvalue weighted by Crippen LogP contribution is 2.21. The monoisotopic (exact) mass is 324 g/mol. The van der Waals surface area contributed by atoms with Gasteiger partial charge in [0, 0.05) is 24.6 Å². The summed E-state index contributed by atoms with van der Waals surface area (Å²) in [4.78, 5) is 2.26. The first-order valence-corrected chi connectivity index (χ1v) is 8.23. The molecule has 0 fully saturated rings. The van der Waals surface area contributed by atoms with Crippen molar-refractivity contribution in [1.29, 1.82) is 0 Å². The van der Waals surface area contributed by atoms with E-state index in [1.807, 2.05) is 30.3 Å². The quantitative estimate of drug-likeness (QED) is 0.734. The fourth-order valence-corrected chi connectivity index (χ4v) is 3.00. The van der Waals surface area contributed by atoms with Gasteiger partial charge in [-0.3, -0.25) is 4.90 Å². The summed E-state index contributed by atoms with van der Waals surface area (Å²) in [6.45, 7) is 7.50. The average molecular weight is 324 g/mol. The SMILES string of the molecule is CC(C)c1nnc2n1CCN(Cc1nnc(-c3ccccc3)o1)C2. The van der Waals surface area contributed by atoms with Crippen LogP contribution in [0, 0.1) is 0 Å². The second-order valence-electron chi connectivity index (χ2n) is 6.36. The van der Waals surface area contributed by atoms with Crippen molar-refractivity contribution < 1.29 is 4.42 Å². The minimum absolute atomic E-state index is 0.391. The Labute approximate surface area is 140 Å². The molecule has 7 nitrogen and oxygen atoms in total. The van der Waals surface area contributed by atoms with Gasteiger partial charge in [-0.05, 0) is 12.1 Å². The molecule has 124 valence electrons. The van der Waals surface area contributed by atoms with Crippen molar-refractivity contribution in [1.82, 2.24) is 29.9 Å². The van der Waals surface area contributed by atoms with Gasteiger partial charge in [-0.2, -0.15) is 0 Å². The summed E-state index contributed by atoms with van der Waals surface area (Å²) in [6, 6.07) is 9.82. The molecule has 0 bridgehead atoms. The smallest absolute Gasteiger partial charge is 0.247 e. The average Bonchev–Trinajstić information content (AvgIpc) is 3.22. The summed E-state index contributed by atoms with van der Waals surface area (Å²) in [5.41, 5.74) is 0.941. The Morgan fingerprint density at radius 2 is 1.88 bits per heavy atom. The van der Waals surface area contributed by atoms with Crippen molar-refractivity contribution in [3.8, 4) is 11.5 Å². The van der Waals surface area contributed by atoms with E-state index in [0.29, 0.717) is 24.2 Å². The van der Waals surface area contributed by atoms with Crippen LogP contribution in [0.2, 0.25) is 0 Å². The molecule has 0 atom stereocenters. The number of hydrogen-bond acceptors (Lipinski definition) is 6. The molecule has 0 saturated carbocycles. The number of nitrogens with zero attached hydrogens (tertiary/aromatic N) is 6. The molecule has 0 amide bonds. The van der Waals surface area contributed by atoms with Gasteiger partial charge in [-0.25, -0.2) is 0 Å². The summed E-state index contributed by atoms with van der Waals surface area (Å²) in [5, 5.41) is 17.0. The predicted octanol–water partition coefficient (Wildman–Crippen LogP) is 2.47. The van der Waals surface area contributed by atoms with Crippen LogP contribution in [0.1, 0.15) is 37.3 Å². The molecular formula is C17H20N6O. The fraction of sp³-hybridized carbons (Fsp3) is 0.412. The zero-order valence-corrected chi connectivity index (χ0v) is 13.9. The lowest BCUT2D eigenvalue weighted by Gasteiger charge is -2.26. The van der Waals surface area contributed by atoms with Crippen molar-refractivity contribution in [3.05, 3.63) is 47.9 Å². The number of benzene rings is 1. The topological polar surface area (TPSA) is 72.9 Å². The molecule has 0 aliphatic carbocycles. The number of fused-ring (bicyclic) bond motifs is 1. The lowest BCUT2D eigenvalue weighted by Crippen LogP contribution is -2.34. The molecule has 24 heavy (non-hydrogen) atoms. The van der Waals surface area contributed by atoms with Gasteiger partial charge in [0.1, 0.15) is 11.6 Å². The van der Waals surface area contributed by atoms with E-state index in [1.54, 1.807) is 0 Å². The Morgan fingerprint density at radius 1 is 1.04 bits per heavy atom. The lowest BCUT2D eigenvalue weighted by atomic mass is 10.2. The van der Waals surface area contributed by atoms with Crippen molar-refractivity contribution in [2.24, 2.45) is 0 Å². The van der Waals surface area contributed by atoms with Crippen molar-refractivity contribution >= 4 is 0 Å². The van der Waals surface area contributed by atoms with Crippen LogP contribution in [0.5, 0.6) is 0 Å². The van der Waals surface area contributed by atoms with E-state index in [-0.39, 0.29) is 0 Å². The van der Waals surface area contributed by atoms with Crippen LogP contribution in [0.25, 0.3) is 11.5 Å². The minimum atomic E-state index is 0.391. The van der Waals surface area contributed by atoms with Gasteiger partial charge >= 0.3 is 0 Å². The normalized spacial score (nSPS) is 15.0. The standard InChI is InChI=1S/C17H20N6O/c1-12(2)16-20-18-14-10-22(8-9-23(14)16)11-15-19-21-17(24-15)13-6-4-3-5-7-13/h3-7,12H,8-11H2,1-2H3. The molecular weight excluding hydrogens is 304 g/mol. The van der Waals surface area contributed by atoms with E-state index in [9.17, 15) is 0 Å². The molecule has 3 heterocycles. The van der Waals surface area contributed by atoms with Crippen LogP contribution >= 0.6 is 0 Å². The third-order valence-electron chi connectivity index (χ3n) is 4.22. The molecule has 1 aliphatic rings. The maximum absolute atomic E-state index is 5.80. The first-order valence-electron chi connectivity index (χ1n) is 8.23. The lowest BCUT2D eigenvalue weighted by molar-refractivity contribution is 0.189. The molecule has 0 N–H and O–H groups in total. The summed E-state index contributed by atoms with van der Waals surface area (Å²) in [6.07, 6.45) is 0. The van der Waals surface area contributed by atoms with Crippen LogP contribution in [-0.4, -0.2) is 36.4 Å². The van der Waals surface area contributed by atoms with Gasteiger partial charge in [0.05, 0.1) is 13.1 Å². The second-order valence-corrected chi connectivity index (χ2v) is 6.36. The molecule has 7 heteroatoms. The molecule has 2 aromatic heterocycles. The largest absolute Gasteiger partial charge is 0.419 e. The molecule has 1 aromatic carbocycles. The van der Waals surface area contributed by atoms with E-state index >= 15 is 0 Å². The van der Waals surface area contributed by atoms with Crippen LogP contribution in [0.4, 0.5) is 0 Å². The fourth-order valence-electron chi connectivity index (χ4n) is 3.00. The van der Waals surface area contributed by atoms with Crippen molar-refractivity contribution in [3.63, 3.8) is 0 Å². The van der Waals surface area contributed by atoms with E-state index in [4.69, 9.17) is 4.42 Å². The number of rotatable bonds is 4. The van der Waals surface area contributed by atoms with Crippen LogP contribution in [0.3, 0.4) is 0 Å². The molecule has 0 spiro atoms. The van der Waals surface area contributed by atoms with Crippen LogP contribution in [0.15, 0.2) is 34.7 Å². The van der Waals surface area contributed by atoms with Gasteiger partial charge in [-0.1, -0.05) is 32.0 Å². The van der Waals surface area contributed by atoms with Gasteiger partial charge in [-0.15, -0.1) is 20.4 Å². The highest BCUT2D eigenvalue weighted by Gasteiger charge is 2.23. The molecule has 0 unspecified atom stereocenters. The molecule has 0 saturated heterocycles. The predicted molar refractivity (Wildman–Crippen MR) is 88.0 cm³/mol. The second kappa shape index (κ2) is 6.16. The maximum atomic E-state index is 5.80. The van der Waals surface area contributed by atoms with E-state index < -0.39 is 0 Å². The molecule has 3 aromatic rings. The highest BCUT2D eigenvalue weighted by atomic mass is 16.4. The zero-order chi connectivity index (χ0) is 16.5. The first kappa shape index (κ1) is 15.0. The van der Waals surface area contributed by atoms with E-state index in [1.165, 1.54) is 0 Å². The van der Waals surface area contributed by atoms with E-state index in [0.717, 1.165) is 36.8 Å². The van der Waals surface area contributed by atoms with Gasteiger partial charge in [0.15, 0.2) is 0 Å². The molecule has 4 rings (SSSR count). The Balaban J connectivity index is 1.46. The maximum Gasteiger partial charge on any atom is 0.247 e. The van der Waals surface area contributed by atoms with E-state index in [2.05, 4.69) is 43.7 Å². The third kappa shape index (κ3) is 2.82. The summed E-state index contributed by atoms with van der Waals surface area (Å²) >= 11 is 0. The highest BCUT2D eigenvalue weighted by molar-refractivity contribution is 5.51. The third-order valence-corrected chi connectivity index (χ3v) is 4.22.